The number of aryl methyl sites for hydroxylation is 2. The van der Waals surface area contributed by atoms with Gasteiger partial charge in [0.1, 0.15) is 11.6 Å². The van der Waals surface area contributed by atoms with Crippen molar-refractivity contribution in [1.29, 1.82) is 0 Å². The molecule has 1 atom stereocenters. The number of benzene rings is 1. The maximum absolute atomic E-state index is 14.3. The van der Waals surface area contributed by atoms with Crippen LogP contribution in [0.15, 0.2) is 12.1 Å². The van der Waals surface area contributed by atoms with E-state index in [1.807, 2.05) is 0 Å². The van der Waals surface area contributed by atoms with Crippen LogP contribution < -0.4 is 5.73 Å². The standard InChI is InChI=1S/C14H14F2N2S/c1-7-5-6-9(15)11(12(7)16)8-3-2-4-10-13(8)19-14(17)18-10/h5-6,8H,2-4H2,1H3,(H2,17,18). The predicted octanol–water partition coefficient (Wildman–Crippen LogP) is 3.78. The fourth-order valence-corrected chi connectivity index (χ4v) is 3.74. The molecular formula is C14H14F2N2S. The second-order valence-corrected chi connectivity index (χ2v) is 5.96. The Kier molecular flexibility index (Phi) is 3.01. The average Bonchev–Trinajstić information content (AvgIpc) is 2.75. The second kappa shape index (κ2) is 4.56. The topological polar surface area (TPSA) is 38.9 Å². The zero-order valence-corrected chi connectivity index (χ0v) is 11.4. The molecule has 19 heavy (non-hydrogen) atoms. The number of aromatic nitrogens is 1. The quantitative estimate of drug-likeness (QED) is 0.863. The minimum atomic E-state index is -0.479. The van der Waals surface area contributed by atoms with Gasteiger partial charge in [-0.1, -0.05) is 6.07 Å². The van der Waals surface area contributed by atoms with Crippen LogP contribution in [-0.4, -0.2) is 4.98 Å². The summed E-state index contributed by atoms with van der Waals surface area (Å²) in [6.07, 6.45) is 2.47. The third-order valence-electron chi connectivity index (χ3n) is 3.64. The Morgan fingerprint density at radius 3 is 2.95 bits per heavy atom. The molecule has 1 heterocycles. The molecule has 1 aliphatic rings. The van der Waals surface area contributed by atoms with Crippen molar-refractivity contribution in [3.8, 4) is 0 Å². The van der Waals surface area contributed by atoms with Gasteiger partial charge in [0.2, 0.25) is 0 Å². The zero-order chi connectivity index (χ0) is 13.6. The highest BCUT2D eigenvalue weighted by Gasteiger charge is 2.30. The number of anilines is 1. The molecule has 100 valence electrons. The summed E-state index contributed by atoms with van der Waals surface area (Å²) in [5, 5.41) is 0.477. The van der Waals surface area contributed by atoms with E-state index in [2.05, 4.69) is 4.98 Å². The van der Waals surface area contributed by atoms with Gasteiger partial charge in [0.15, 0.2) is 5.13 Å². The molecule has 1 aromatic heterocycles. The summed E-state index contributed by atoms with van der Waals surface area (Å²) in [6.45, 7) is 1.66. The lowest BCUT2D eigenvalue weighted by Crippen LogP contribution is -2.13. The molecule has 1 aliphatic carbocycles. The molecule has 0 saturated heterocycles. The Balaban J connectivity index is 2.16. The molecule has 0 aliphatic heterocycles. The first-order valence-electron chi connectivity index (χ1n) is 6.27. The van der Waals surface area contributed by atoms with Crippen molar-refractivity contribution in [3.05, 3.63) is 45.5 Å². The van der Waals surface area contributed by atoms with Crippen LogP contribution in [0, 0.1) is 18.6 Å². The summed E-state index contributed by atoms with van der Waals surface area (Å²) in [6, 6.07) is 2.81. The smallest absolute Gasteiger partial charge is 0.180 e. The second-order valence-electron chi connectivity index (χ2n) is 4.90. The van der Waals surface area contributed by atoms with Crippen LogP contribution in [0.2, 0.25) is 0 Å². The summed E-state index contributed by atoms with van der Waals surface area (Å²) in [7, 11) is 0. The SMILES string of the molecule is Cc1ccc(F)c(C2CCCc3nc(N)sc32)c1F. The first kappa shape index (κ1) is 12.5. The molecule has 3 rings (SSSR count). The van der Waals surface area contributed by atoms with Crippen LogP contribution in [0.25, 0.3) is 0 Å². The number of nitrogen functional groups attached to an aromatic ring is 1. The van der Waals surface area contributed by atoms with Gasteiger partial charge < -0.3 is 5.73 Å². The fourth-order valence-electron chi connectivity index (χ4n) is 2.71. The number of hydrogen-bond donors (Lipinski definition) is 1. The van der Waals surface area contributed by atoms with Crippen LogP contribution in [-0.2, 0) is 6.42 Å². The molecule has 0 amide bonds. The molecule has 0 fully saturated rings. The zero-order valence-electron chi connectivity index (χ0n) is 10.5. The van der Waals surface area contributed by atoms with Gasteiger partial charge in [0.05, 0.1) is 5.69 Å². The number of nitrogens with zero attached hydrogens (tertiary/aromatic N) is 1. The highest BCUT2D eigenvalue weighted by Crippen LogP contribution is 2.42. The van der Waals surface area contributed by atoms with Crippen molar-refractivity contribution in [2.24, 2.45) is 0 Å². The van der Waals surface area contributed by atoms with E-state index < -0.39 is 11.6 Å². The van der Waals surface area contributed by atoms with E-state index in [1.54, 1.807) is 6.92 Å². The van der Waals surface area contributed by atoms with Crippen molar-refractivity contribution in [2.75, 3.05) is 5.73 Å². The normalized spacial score (nSPS) is 18.4. The molecule has 1 unspecified atom stereocenters. The van der Waals surface area contributed by atoms with Crippen LogP contribution >= 0.6 is 11.3 Å². The molecule has 0 saturated carbocycles. The molecule has 2 aromatic rings. The van der Waals surface area contributed by atoms with E-state index in [0.29, 0.717) is 10.7 Å². The summed E-state index contributed by atoms with van der Waals surface area (Å²) in [4.78, 5) is 5.18. The number of halogens is 2. The van der Waals surface area contributed by atoms with Crippen LogP contribution in [0.5, 0.6) is 0 Å². The van der Waals surface area contributed by atoms with Crippen LogP contribution in [0.3, 0.4) is 0 Å². The maximum Gasteiger partial charge on any atom is 0.180 e. The largest absolute Gasteiger partial charge is 0.375 e. The van der Waals surface area contributed by atoms with Gasteiger partial charge in [-0.05, 0) is 37.8 Å². The summed E-state index contributed by atoms with van der Waals surface area (Å²) < 4.78 is 28.3. The highest BCUT2D eigenvalue weighted by molar-refractivity contribution is 7.15. The summed E-state index contributed by atoms with van der Waals surface area (Å²) >= 11 is 1.35. The molecular weight excluding hydrogens is 266 g/mol. The summed E-state index contributed by atoms with van der Waals surface area (Å²) in [5.74, 6) is -1.17. The van der Waals surface area contributed by atoms with Crippen molar-refractivity contribution in [3.63, 3.8) is 0 Å². The minimum Gasteiger partial charge on any atom is -0.375 e. The fraction of sp³-hybridized carbons (Fsp3) is 0.357. The van der Waals surface area contributed by atoms with Gasteiger partial charge in [0.25, 0.3) is 0 Å². The molecule has 0 radical (unpaired) electrons. The first-order chi connectivity index (χ1) is 9.08. The van der Waals surface area contributed by atoms with Gasteiger partial charge in [-0.2, -0.15) is 0 Å². The van der Waals surface area contributed by atoms with Gasteiger partial charge in [-0.25, -0.2) is 13.8 Å². The predicted molar refractivity (Wildman–Crippen MR) is 72.4 cm³/mol. The van der Waals surface area contributed by atoms with Gasteiger partial charge in [-0.15, -0.1) is 11.3 Å². The Morgan fingerprint density at radius 2 is 2.16 bits per heavy atom. The monoisotopic (exact) mass is 280 g/mol. The lowest BCUT2D eigenvalue weighted by molar-refractivity contribution is 0.511. The third-order valence-corrected chi connectivity index (χ3v) is 4.68. The van der Waals surface area contributed by atoms with E-state index in [-0.39, 0.29) is 11.5 Å². The number of fused-ring (bicyclic) bond motifs is 1. The van der Waals surface area contributed by atoms with Crippen LogP contribution in [0.1, 0.15) is 40.5 Å². The van der Waals surface area contributed by atoms with Crippen molar-refractivity contribution in [1.82, 2.24) is 4.98 Å². The third kappa shape index (κ3) is 2.02. The lowest BCUT2D eigenvalue weighted by atomic mass is 9.85. The molecule has 2 N–H and O–H groups in total. The van der Waals surface area contributed by atoms with Crippen molar-refractivity contribution < 1.29 is 8.78 Å². The maximum atomic E-state index is 14.3. The lowest BCUT2D eigenvalue weighted by Gasteiger charge is -2.23. The van der Waals surface area contributed by atoms with E-state index >= 15 is 0 Å². The van der Waals surface area contributed by atoms with Crippen LogP contribution in [0.4, 0.5) is 13.9 Å². The number of nitrogens with two attached hydrogens (primary N) is 1. The van der Waals surface area contributed by atoms with E-state index in [4.69, 9.17) is 5.73 Å². The number of thiazole rings is 1. The Bertz CT molecular complexity index is 637. The Hall–Kier alpha value is -1.49. The number of hydrogen-bond acceptors (Lipinski definition) is 3. The van der Waals surface area contributed by atoms with Crippen molar-refractivity contribution in [2.45, 2.75) is 32.1 Å². The molecule has 2 nitrogen and oxygen atoms in total. The van der Waals surface area contributed by atoms with Gasteiger partial charge in [0, 0.05) is 16.4 Å². The summed E-state index contributed by atoms with van der Waals surface area (Å²) in [5.41, 5.74) is 7.27. The molecule has 0 spiro atoms. The van der Waals surface area contributed by atoms with Crippen molar-refractivity contribution >= 4 is 16.5 Å². The molecule has 5 heteroatoms. The number of rotatable bonds is 1. The van der Waals surface area contributed by atoms with E-state index in [9.17, 15) is 8.78 Å². The Labute approximate surface area is 114 Å². The van der Waals surface area contributed by atoms with Gasteiger partial charge in [-0.3, -0.25) is 0 Å². The molecule has 0 bridgehead atoms. The average molecular weight is 280 g/mol. The molecule has 1 aromatic carbocycles. The Morgan fingerprint density at radius 1 is 1.37 bits per heavy atom. The van der Waals surface area contributed by atoms with E-state index in [1.165, 1.54) is 23.5 Å². The first-order valence-corrected chi connectivity index (χ1v) is 7.09. The minimum absolute atomic E-state index is 0.171. The van der Waals surface area contributed by atoms with Gasteiger partial charge >= 0.3 is 0 Å². The van der Waals surface area contributed by atoms with E-state index in [0.717, 1.165) is 29.8 Å². The highest BCUT2D eigenvalue weighted by atomic mass is 32.1.